The number of methoxy groups -OCH3 is 3. The Labute approximate surface area is 183 Å². The lowest BCUT2D eigenvalue weighted by Crippen LogP contribution is -2.53. The van der Waals surface area contributed by atoms with E-state index in [4.69, 9.17) is 38.0 Å². The average molecular weight is 448 g/mol. The number of carbonyl (C=O) groups excluding carboxylic acids is 2. The monoisotopic (exact) mass is 447 g/mol. The highest BCUT2D eigenvalue weighted by Gasteiger charge is 2.33. The van der Waals surface area contributed by atoms with Crippen molar-refractivity contribution in [1.82, 2.24) is 15.2 Å². The molecule has 2 heterocycles. The Morgan fingerprint density at radius 2 is 1.90 bits per heavy atom. The van der Waals surface area contributed by atoms with E-state index in [0.29, 0.717) is 33.7 Å². The first-order chi connectivity index (χ1) is 14.4. The van der Waals surface area contributed by atoms with Gasteiger partial charge in [-0.25, -0.2) is 4.98 Å². The highest BCUT2D eigenvalue weighted by Crippen LogP contribution is 2.43. The van der Waals surface area contributed by atoms with E-state index in [9.17, 15) is 9.59 Å². The summed E-state index contributed by atoms with van der Waals surface area (Å²) in [5.41, 5.74) is 0.707. The van der Waals surface area contributed by atoms with Gasteiger partial charge in [-0.15, -0.1) is 6.58 Å². The minimum Gasteiger partial charge on any atom is -0.493 e. The Kier molecular flexibility index (Phi) is 6.23. The fourth-order valence-electron chi connectivity index (χ4n) is 3.03. The van der Waals surface area contributed by atoms with Gasteiger partial charge in [-0.1, -0.05) is 17.7 Å². The zero-order chi connectivity index (χ0) is 22.0. The van der Waals surface area contributed by atoms with Gasteiger partial charge in [0, 0.05) is 23.6 Å². The van der Waals surface area contributed by atoms with Crippen LogP contribution in [0.3, 0.4) is 0 Å². The first-order valence-corrected chi connectivity index (χ1v) is 9.43. The highest BCUT2D eigenvalue weighted by atomic mass is 35.5. The molecule has 1 aliphatic rings. The molecule has 30 heavy (non-hydrogen) atoms. The van der Waals surface area contributed by atoms with Crippen LogP contribution in [0.2, 0.25) is 5.15 Å². The second-order valence-electron chi connectivity index (χ2n) is 6.10. The van der Waals surface area contributed by atoms with E-state index in [0.717, 1.165) is 0 Å². The molecule has 2 amide bonds. The number of ether oxygens (including phenoxy) is 3. The van der Waals surface area contributed by atoms with Crippen LogP contribution in [0.4, 0.5) is 0 Å². The molecule has 2 aromatic rings. The summed E-state index contributed by atoms with van der Waals surface area (Å²) in [6.45, 7) is 3.75. The molecule has 0 unspecified atom stereocenters. The first-order valence-electron chi connectivity index (χ1n) is 8.65. The van der Waals surface area contributed by atoms with E-state index in [1.165, 1.54) is 38.4 Å². The van der Waals surface area contributed by atoms with Gasteiger partial charge in [0.25, 0.3) is 11.8 Å². The maximum atomic E-state index is 12.8. The fourth-order valence-corrected chi connectivity index (χ4v) is 3.48. The number of hydrogen-bond acceptors (Lipinski definition) is 7. The molecule has 10 heteroatoms. The van der Waals surface area contributed by atoms with Gasteiger partial charge < -0.3 is 14.2 Å². The number of carbonyl (C=O) groups is 2. The molecule has 0 saturated carbocycles. The van der Waals surface area contributed by atoms with Crippen LogP contribution in [0.25, 0.3) is 17.0 Å². The van der Waals surface area contributed by atoms with Crippen LogP contribution >= 0.6 is 23.8 Å². The summed E-state index contributed by atoms with van der Waals surface area (Å²) >= 11 is 11.4. The van der Waals surface area contributed by atoms with Crippen molar-refractivity contribution in [1.29, 1.82) is 0 Å². The van der Waals surface area contributed by atoms with E-state index in [1.54, 1.807) is 12.1 Å². The summed E-state index contributed by atoms with van der Waals surface area (Å²) < 4.78 is 16.2. The third-order valence-corrected chi connectivity index (χ3v) is 5.03. The summed E-state index contributed by atoms with van der Waals surface area (Å²) in [5.74, 6) is 0.000507. The van der Waals surface area contributed by atoms with Crippen LogP contribution in [0.1, 0.15) is 5.56 Å². The van der Waals surface area contributed by atoms with Crippen molar-refractivity contribution < 1.29 is 23.8 Å². The van der Waals surface area contributed by atoms with Gasteiger partial charge in [-0.3, -0.25) is 19.8 Å². The van der Waals surface area contributed by atoms with Crippen LogP contribution in [-0.2, 0) is 9.59 Å². The molecule has 3 rings (SSSR count). The van der Waals surface area contributed by atoms with E-state index >= 15 is 0 Å². The Bertz CT molecular complexity index is 1120. The van der Waals surface area contributed by atoms with Gasteiger partial charge in [-0.05, 0) is 24.4 Å². The van der Waals surface area contributed by atoms with Gasteiger partial charge in [0.1, 0.15) is 10.7 Å². The van der Waals surface area contributed by atoms with Crippen LogP contribution < -0.4 is 19.5 Å². The minimum absolute atomic E-state index is 0.0169. The highest BCUT2D eigenvalue weighted by molar-refractivity contribution is 7.80. The molecule has 1 N–H and O–H groups in total. The molecule has 8 nitrogen and oxygen atoms in total. The molecule has 0 spiro atoms. The lowest BCUT2D eigenvalue weighted by molar-refractivity contribution is -0.128. The van der Waals surface area contributed by atoms with E-state index in [1.807, 2.05) is 0 Å². The number of benzene rings is 1. The SMILES string of the molecule is C=CCN1C(=O)C(=Cc2cc3c(OC)c(OC)c(OC)cc3nc2Cl)C(=O)NC1=S. The largest absolute Gasteiger partial charge is 0.493 e. The lowest BCUT2D eigenvalue weighted by Gasteiger charge is -2.27. The number of halogens is 1. The number of thiocarbonyl (C=S) groups is 1. The molecule has 1 aromatic heterocycles. The summed E-state index contributed by atoms with van der Waals surface area (Å²) in [5, 5.41) is 3.16. The first kappa shape index (κ1) is 21.5. The predicted octanol–water partition coefficient (Wildman–Crippen LogP) is 2.73. The van der Waals surface area contributed by atoms with Gasteiger partial charge in [-0.2, -0.15) is 0 Å². The third-order valence-electron chi connectivity index (χ3n) is 4.40. The summed E-state index contributed by atoms with van der Waals surface area (Å²) in [4.78, 5) is 30.7. The number of hydrogen-bond donors (Lipinski definition) is 1. The summed E-state index contributed by atoms with van der Waals surface area (Å²) in [6.07, 6.45) is 2.87. The minimum atomic E-state index is -0.624. The zero-order valence-corrected chi connectivity index (χ0v) is 18.0. The lowest BCUT2D eigenvalue weighted by atomic mass is 10.1. The molecule has 156 valence electrons. The van der Waals surface area contributed by atoms with Gasteiger partial charge >= 0.3 is 0 Å². The summed E-state index contributed by atoms with van der Waals surface area (Å²) in [6, 6.07) is 3.31. The topological polar surface area (TPSA) is 90.0 Å². The number of amides is 2. The molecule has 0 aliphatic carbocycles. The van der Waals surface area contributed by atoms with E-state index < -0.39 is 11.8 Å². The molecular weight excluding hydrogens is 430 g/mol. The van der Waals surface area contributed by atoms with Crippen LogP contribution in [-0.4, -0.2) is 54.7 Å². The fraction of sp³-hybridized carbons (Fsp3) is 0.200. The van der Waals surface area contributed by atoms with Crippen molar-refractivity contribution >= 4 is 57.7 Å². The second-order valence-corrected chi connectivity index (χ2v) is 6.85. The summed E-state index contributed by atoms with van der Waals surface area (Å²) in [7, 11) is 4.46. The normalized spacial score (nSPS) is 15.4. The smallest absolute Gasteiger partial charge is 0.265 e. The van der Waals surface area contributed by atoms with Crippen LogP contribution in [0.5, 0.6) is 17.2 Å². The van der Waals surface area contributed by atoms with Crippen molar-refractivity contribution in [2.45, 2.75) is 0 Å². The predicted molar refractivity (Wildman–Crippen MR) is 117 cm³/mol. The van der Waals surface area contributed by atoms with E-state index in [2.05, 4.69) is 16.9 Å². The number of nitrogens with one attached hydrogen (secondary N) is 1. The van der Waals surface area contributed by atoms with Crippen molar-refractivity contribution in [3.8, 4) is 17.2 Å². The molecule has 1 aromatic carbocycles. The van der Waals surface area contributed by atoms with Gasteiger partial charge in [0.2, 0.25) is 5.75 Å². The van der Waals surface area contributed by atoms with Gasteiger partial charge in [0.15, 0.2) is 16.6 Å². The van der Waals surface area contributed by atoms with Crippen LogP contribution in [0.15, 0.2) is 30.4 Å². The quantitative estimate of drug-likeness (QED) is 0.239. The maximum absolute atomic E-state index is 12.8. The molecule has 0 bridgehead atoms. The Morgan fingerprint density at radius 1 is 1.20 bits per heavy atom. The number of fused-ring (bicyclic) bond motifs is 1. The number of rotatable bonds is 6. The Morgan fingerprint density at radius 3 is 2.50 bits per heavy atom. The standard InChI is InChI=1S/C20H18ClN3O5S/c1-5-6-24-19(26)12(18(25)23-20(24)30)8-10-7-11-13(22-17(10)21)9-14(27-2)16(29-4)15(11)28-3/h5,7-9H,1,6H2,2-4H3,(H,23,25,30). The van der Waals surface area contributed by atoms with Gasteiger partial charge in [0.05, 0.1) is 26.8 Å². The molecule has 1 aliphatic heterocycles. The number of nitrogens with zero attached hydrogens (tertiary/aromatic N) is 2. The second kappa shape index (κ2) is 8.68. The molecule has 0 radical (unpaired) electrons. The number of aromatic nitrogens is 1. The molecule has 0 atom stereocenters. The zero-order valence-electron chi connectivity index (χ0n) is 16.4. The average Bonchev–Trinajstić information content (AvgIpc) is 2.72. The Hall–Kier alpha value is -3.17. The van der Waals surface area contributed by atoms with Crippen molar-refractivity contribution in [2.24, 2.45) is 0 Å². The molecule has 1 fully saturated rings. The van der Waals surface area contributed by atoms with E-state index in [-0.39, 0.29) is 22.4 Å². The number of pyridine rings is 1. The molecular formula is C20H18ClN3O5S. The van der Waals surface area contributed by atoms with Crippen molar-refractivity contribution in [2.75, 3.05) is 27.9 Å². The van der Waals surface area contributed by atoms with Crippen molar-refractivity contribution in [3.63, 3.8) is 0 Å². The Balaban J connectivity index is 2.19. The van der Waals surface area contributed by atoms with Crippen LogP contribution in [0, 0.1) is 0 Å². The van der Waals surface area contributed by atoms with Crippen molar-refractivity contribution in [3.05, 3.63) is 41.1 Å². The molecule has 1 saturated heterocycles. The third kappa shape index (κ3) is 3.69. The maximum Gasteiger partial charge on any atom is 0.265 e.